The van der Waals surface area contributed by atoms with Crippen LogP contribution in [0, 0.1) is 0 Å². The Labute approximate surface area is 88.7 Å². The van der Waals surface area contributed by atoms with Crippen LogP contribution in [0.4, 0.5) is 0 Å². The highest BCUT2D eigenvalue weighted by Crippen LogP contribution is 2.22. The molecule has 62 valence electrons. The predicted molar refractivity (Wildman–Crippen MR) is 58.8 cm³/mol. The van der Waals surface area contributed by atoms with Crippen molar-refractivity contribution < 1.29 is 0 Å². The Bertz CT molecular complexity index is 410. The fourth-order valence-corrected chi connectivity index (χ4v) is 1.93. The van der Waals surface area contributed by atoms with E-state index in [4.69, 9.17) is 11.6 Å². The quantitative estimate of drug-likeness (QED) is 0.583. The molecule has 0 radical (unpaired) electrons. The number of rotatable bonds is 1. The highest BCUT2D eigenvalue weighted by molar-refractivity contribution is 14.1. The first kappa shape index (κ1) is 8.31. The van der Waals surface area contributed by atoms with E-state index in [1.54, 1.807) is 6.20 Å². The van der Waals surface area contributed by atoms with Gasteiger partial charge in [0, 0.05) is 5.39 Å². The molecule has 4 heteroatoms. The maximum atomic E-state index is 5.97. The van der Waals surface area contributed by atoms with Crippen molar-refractivity contribution in [1.82, 2.24) is 9.78 Å². The predicted octanol–water partition coefficient (Wildman–Crippen LogP) is 3.08. The summed E-state index contributed by atoms with van der Waals surface area (Å²) in [6.07, 6.45) is 1.80. The normalized spacial score (nSPS) is 10.8. The number of benzene rings is 1. The number of hydrogen-bond donors (Lipinski definition) is 0. The Kier molecular flexibility index (Phi) is 2.23. The molecule has 0 aliphatic carbocycles. The molecule has 0 spiro atoms. The smallest absolute Gasteiger partial charge is 0.0931 e. The Morgan fingerprint density at radius 3 is 3.08 bits per heavy atom. The summed E-state index contributed by atoms with van der Waals surface area (Å²) in [6.45, 7) is 0. The molecule has 2 aromatic rings. The summed E-state index contributed by atoms with van der Waals surface area (Å²) >= 11 is 8.24. The van der Waals surface area contributed by atoms with Gasteiger partial charge in [0.25, 0.3) is 0 Å². The summed E-state index contributed by atoms with van der Waals surface area (Å²) < 4.78 is 2.77. The van der Waals surface area contributed by atoms with Crippen molar-refractivity contribution in [2.24, 2.45) is 0 Å². The number of hydrogen-bond acceptors (Lipinski definition) is 1. The van der Waals surface area contributed by atoms with Gasteiger partial charge in [-0.2, -0.15) is 5.10 Å². The van der Waals surface area contributed by atoms with E-state index in [1.807, 2.05) is 22.9 Å². The van der Waals surface area contributed by atoms with Gasteiger partial charge in [0.15, 0.2) is 0 Å². The molecule has 0 aliphatic rings. The zero-order valence-electron chi connectivity index (χ0n) is 6.17. The van der Waals surface area contributed by atoms with Crippen molar-refractivity contribution in [3.05, 3.63) is 29.4 Å². The zero-order valence-corrected chi connectivity index (χ0v) is 9.08. The van der Waals surface area contributed by atoms with Crippen molar-refractivity contribution in [3.63, 3.8) is 0 Å². The van der Waals surface area contributed by atoms with Crippen LogP contribution >= 0.6 is 34.2 Å². The molecule has 0 atom stereocenters. The number of nitrogens with zero attached hydrogens (tertiary/aromatic N) is 2. The largest absolute Gasteiger partial charge is 0.255 e. The van der Waals surface area contributed by atoms with Crippen molar-refractivity contribution >= 4 is 45.1 Å². The first-order chi connectivity index (χ1) is 5.83. The third kappa shape index (κ3) is 1.21. The van der Waals surface area contributed by atoms with Crippen LogP contribution in [0.2, 0.25) is 5.02 Å². The average molecular weight is 293 g/mol. The number of alkyl halides is 1. The minimum absolute atomic E-state index is 0.767. The Morgan fingerprint density at radius 2 is 2.33 bits per heavy atom. The highest BCUT2D eigenvalue weighted by Gasteiger charge is 2.02. The van der Waals surface area contributed by atoms with Crippen LogP contribution in [0.25, 0.3) is 10.9 Å². The van der Waals surface area contributed by atoms with Crippen molar-refractivity contribution in [2.45, 2.75) is 4.55 Å². The molecule has 1 aromatic carbocycles. The maximum Gasteiger partial charge on any atom is 0.0931 e. The SMILES string of the molecule is Clc1cccc2c1cnn2CI. The van der Waals surface area contributed by atoms with Gasteiger partial charge in [0.05, 0.1) is 21.3 Å². The third-order valence-electron chi connectivity index (χ3n) is 1.75. The lowest BCUT2D eigenvalue weighted by Crippen LogP contribution is -1.91. The third-order valence-corrected chi connectivity index (χ3v) is 2.72. The molecule has 0 amide bonds. The monoisotopic (exact) mass is 292 g/mol. The molecule has 12 heavy (non-hydrogen) atoms. The van der Waals surface area contributed by atoms with Crippen LogP contribution in [-0.2, 0) is 4.55 Å². The van der Waals surface area contributed by atoms with E-state index in [0.717, 1.165) is 20.5 Å². The summed E-state index contributed by atoms with van der Waals surface area (Å²) in [6, 6.07) is 5.84. The van der Waals surface area contributed by atoms with Crippen molar-refractivity contribution in [3.8, 4) is 0 Å². The molecule has 2 nitrogen and oxygen atoms in total. The zero-order chi connectivity index (χ0) is 8.55. The fourth-order valence-electron chi connectivity index (χ4n) is 1.16. The van der Waals surface area contributed by atoms with Gasteiger partial charge in [-0.1, -0.05) is 40.3 Å². The van der Waals surface area contributed by atoms with E-state index in [0.29, 0.717) is 0 Å². The fraction of sp³-hybridized carbons (Fsp3) is 0.125. The lowest BCUT2D eigenvalue weighted by molar-refractivity contribution is 0.797. The highest BCUT2D eigenvalue weighted by atomic mass is 127. The molecule has 0 bridgehead atoms. The van der Waals surface area contributed by atoms with E-state index in [2.05, 4.69) is 27.7 Å². The molecular weight excluding hydrogens is 286 g/mol. The Morgan fingerprint density at radius 1 is 1.50 bits per heavy atom. The standard InChI is InChI=1S/C8H6ClIN2/c9-7-2-1-3-8-6(7)4-11-12(8)5-10/h1-4H,5H2. The van der Waals surface area contributed by atoms with Crippen molar-refractivity contribution in [1.29, 1.82) is 0 Å². The second-order valence-electron chi connectivity index (χ2n) is 2.44. The second-order valence-corrected chi connectivity index (χ2v) is 3.53. The van der Waals surface area contributed by atoms with Crippen LogP contribution < -0.4 is 0 Å². The lowest BCUT2D eigenvalue weighted by Gasteiger charge is -1.96. The van der Waals surface area contributed by atoms with Gasteiger partial charge in [-0.05, 0) is 12.1 Å². The molecule has 1 aromatic heterocycles. The van der Waals surface area contributed by atoms with Gasteiger partial charge in [0.2, 0.25) is 0 Å². The number of halogens is 2. The van der Waals surface area contributed by atoms with Gasteiger partial charge in [-0.25, -0.2) is 0 Å². The molecule has 0 saturated carbocycles. The van der Waals surface area contributed by atoms with Gasteiger partial charge >= 0.3 is 0 Å². The van der Waals surface area contributed by atoms with E-state index < -0.39 is 0 Å². The van der Waals surface area contributed by atoms with E-state index in [-0.39, 0.29) is 0 Å². The Hall–Kier alpha value is -0.290. The summed E-state index contributed by atoms with van der Waals surface area (Å²) in [5.41, 5.74) is 1.09. The van der Waals surface area contributed by atoms with E-state index in [1.165, 1.54) is 0 Å². The maximum absolute atomic E-state index is 5.97. The van der Waals surface area contributed by atoms with Gasteiger partial charge in [-0.15, -0.1) is 0 Å². The number of aromatic nitrogens is 2. The first-order valence-corrected chi connectivity index (χ1v) is 5.39. The topological polar surface area (TPSA) is 17.8 Å². The summed E-state index contributed by atoms with van der Waals surface area (Å²) in [5, 5.41) is 5.99. The van der Waals surface area contributed by atoms with Crippen molar-refractivity contribution in [2.75, 3.05) is 0 Å². The van der Waals surface area contributed by atoms with E-state index >= 15 is 0 Å². The Balaban J connectivity index is 2.80. The van der Waals surface area contributed by atoms with Crippen LogP contribution in [-0.4, -0.2) is 9.78 Å². The van der Waals surface area contributed by atoms with Crippen LogP contribution in [0.15, 0.2) is 24.4 Å². The second kappa shape index (κ2) is 3.22. The van der Waals surface area contributed by atoms with E-state index in [9.17, 15) is 0 Å². The molecule has 0 N–H and O–H groups in total. The molecule has 1 heterocycles. The molecule has 0 unspecified atom stereocenters. The van der Waals surface area contributed by atoms with Crippen LogP contribution in [0.1, 0.15) is 0 Å². The summed E-state index contributed by atoms with van der Waals surface area (Å²) in [5.74, 6) is 0. The molecular formula is C8H6ClIN2. The van der Waals surface area contributed by atoms with Gasteiger partial charge in [-0.3, -0.25) is 4.68 Å². The first-order valence-electron chi connectivity index (χ1n) is 3.49. The minimum Gasteiger partial charge on any atom is -0.255 e. The lowest BCUT2D eigenvalue weighted by atomic mass is 10.2. The van der Waals surface area contributed by atoms with Crippen LogP contribution in [0.3, 0.4) is 0 Å². The van der Waals surface area contributed by atoms with Gasteiger partial charge < -0.3 is 0 Å². The summed E-state index contributed by atoms with van der Waals surface area (Å²) in [7, 11) is 0. The molecule has 0 saturated heterocycles. The molecule has 0 aliphatic heterocycles. The summed E-state index contributed by atoms with van der Waals surface area (Å²) in [4.78, 5) is 0. The number of fused-ring (bicyclic) bond motifs is 1. The average Bonchev–Trinajstić information content (AvgIpc) is 2.49. The molecule has 2 rings (SSSR count). The molecule has 0 fully saturated rings. The van der Waals surface area contributed by atoms with Crippen LogP contribution in [0.5, 0.6) is 0 Å². The van der Waals surface area contributed by atoms with Gasteiger partial charge in [0.1, 0.15) is 0 Å². The minimum atomic E-state index is 0.767.